The second kappa shape index (κ2) is 6.29. The average molecular weight is 256 g/mol. The molecule has 94 valence electrons. The molecular formula is C10H16N4O2S. The van der Waals surface area contributed by atoms with Gasteiger partial charge in [-0.3, -0.25) is 10.1 Å². The summed E-state index contributed by atoms with van der Waals surface area (Å²) in [6.07, 6.45) is 2.01. The monoisotopic (exact) mass is 256 g/mol. The number of thioether (sulfide) groups is 1. The highest BCUT2D eigenvalue weighted by molar-refractivity contribution is 7.98. The number of anilines is 2. The summed E-state index contributed by atoms with van der Waals surface area (Å²) in [6, 6.07) is 3.06. The van der Waals surface area contributed by atoms with Crippen LogP contribution in [0.25, 0.3) is 0 Å². The van der Waals surface area contributed by atoms with Gasteiger partial charge < -0.3 is 10.6 Å². The highest BCUT2D eigenvalue weighted by atomic mass is 32.2. The number of nitrogens with one attached hydrogen (secondary N) is 2. The molecule has 2 N–H and O–H groups in total. The third-order valence-electron chi connectivity index (χ3n) is 2.09. The molecule has 1 aromatic heterocycles. The third kappa shape index (κ3) is 4.10. The van der Waals surface area contributed by atoms with E-state index in [1.165, 1.54) is 12.1 Å². The van der Waals surface area contributed by atoms with Crippen molar-refractivity contribution < 1.29 is 4.92 Å². The molecule has 0 radical (unpaired) electrons. The molecule has 6 nitrogen and oxygen atoms in total. The van der Waals surface area contributed by atoms with E-state index in [-0.39, 0.29) is 11.7 Å². The van der Waals surface area contributed by atoms with E-state index in [9.17, 15) is 10.1 Å². The molecule has 0 spiro atoms. The molecule has 1 rings (SSSR count). The Balaban J connectivity index is 2.90. The Kier molecular flexibility index (Phi) is 5.02. The molecular weight excluding hydrogens is 240 g/mol. The van der Waals surface area contributed by atoms with Gasteiger partial charge >= 0.3 is 0 Å². The first-order valence-electron chi connectivity index (χ1n) is 5.16. The van der Waals surface area contributed by atoms with Gasteiger partial charge in [0.2, 0.25) is 0 Å². The fourth-order valence-electron chi connectivity index (χ4n) is 1.37. The number of nitrogens with zero attached hydrogens (tertiary/aromatic N) is 2. The minimum absolute atomic E-state index is 0.0307. The largest absolute Gasteiger partial charge is 0.373 e. The fraction of sp³-hybridized carbons (Fsp3) is 0.500. The quantitative estimate of drug-likeness (QED) is 0.600. The summed E-state index contributed by atoms with van der Waals surface area (Å²) in [5.74, 6) is 1.92. The third-order valence-corrected chi connectivity index (χ3v) is 2.92. The molecule has 0 aliphatic carbocycles. The lowest BCUT2D eigenvalue weighted by Crippen LogP contribution is -2.18. The van der Waals surface area contributed by atoms with Crippen molar-refractivity contribution in [1.82, 2.24) is 4.98 Å². The first-order valence-corrected chi connectivity index (χ1v) is 6.56. The van der Waals surface area contributed by atoms with E-state index in [0.29, 0.717) is 11.6 Å². The maximum Gasteiger partial charge on any atom is 0.276 e. The summed E-state index contributed by atoms with van der Waals surface area (Å²) in [5, 5.41) is 16.7. The van der Waals surface area contributed by atoms with Gasteiger partial charge in [-0.2, -0.15) is 11.8 Å². The molecule has 0 aliphatic rings. The minimum atomic E-state index is -0.424. The van der Waals surface area contributed by atoms with E-state index in [0.717, 1.165) is 5.75 Å². The van der Waals surface area contributed by atoms with Crippen molar-refractivity contribution in [3.05, 3.63) is 22.2 Å². The second-order valence-corrected chi connectivity index (χ2v) is 4.51. The van der Waals surface area contributed by atoms with E-state index in [1.54, 1.807) is 18.8 Å². The zero-order valence-electron chi connectivity index (χ0n) is 10.1. The number of nitro groups is 1. The topological polar surface area (TPSA) is 80.1 Å². The predicted molar refractivity (Wildman–Crippen MR) is 71.9 cm³/mol. The zero-order valence-corrected chi connectivity index (χ0v) is 10.9. The molecule has 17 heavy (non-hydrogen) atoms. The van der Waals surface area contributed by atoms with E-state index >= 15 is 0 Å². The van der Waals surface area contributed by atoms with Crippen LogP contribution in [0.15, 0.2) is 12.1 Å². The Bertz CT molecular complexity index is 400. The van der Waals surface area contributed by atoms with Crippen LogP contribution in [0.5, 0.6) is 0 Å². The Hall–Kier alpha value is -1.50. The summed E-state index contributed by atoms with van der Waals surface area (Å²) in [6.45, 7) is 2.01. The summed E-state index contributed by atoms with van der Waals surface area (Å²) < 4.78 is 0. The minimum Gasteiger partial charge on any atom is -0.373 e. The van der Waals surface area contributed by atoms with E-state index in [2.05, 4.69) is 15.6 Å². The van der Waals surface area contributed by atoms with E-state index < -0.39 is 4.92 Å². The van der Waals surface area contributed by atoms with Crippen molar-refractivity contribution in [1.29, 1.82) is 0 Å². The number of aromatic nitrogens is 1. The fourth-order valence-corrected chi connectivity index (χ4v) is 1.95. The molecule has 1 unspecified atom stereocenters. The van der Waals surface area contributed by atoms with Crippen LogP contribution in [0.4, 0.5) is 17.3 Å². The van der Waals surface area contributed by atoms with Crippen molar-refractivity contribution in [2.75, 3.05) is 29.7 Å². The molecule has 0 amide bonds. The molecule has 0 aromatic carbocycles. The second-order valence-electron chi connectivity index (χ2n) is 3.60. The predicted octanol–water partition coefficient (Wildman–Crippen LogP) is 2.19. The molecule has 0 saturated carbocycles. The summed E-state index contributed by atoms with van der Waals surface area (Å²) in [5.41, 5.74) is 0.0307. The van der Waals surface area contributed by atoms with Crippen LogP contribution in [-0.4, -0.2) is 35.0 Å². The lowest BCUT2D eigenvalue weighted by molar-refractivity contribution is -0.384. The summed E-state index contributed by atoms with van der Waals surface area (Å²) >= 11 is 1.71. The first-order chi connectivity index (χ1) is 8.06. The lowest BCUT2D eigenvalue weighted by atomic mass is 10.3. The number of hydrogen-bond donors (Lipinski definition) is 2. The molecule has 0 saturated heterocycles. The average Bonchev–Trinajstić information content (AvgIpc) is 2.28. The summed E-state index contributed by atoms with van der Waals surface area (Å²) in [4.78, 5) is 14.5. The van der Waals surface area contributed by atoms with Crippen LogP contribution in [0, 0.1) is 10.1 Å². The molecule has 0 aliphatic heterocycles. The molecule has 0 bridgehead atoms. The van der Waals surface area contributed by atoms with Gasteiger partial charge in [-0.25, -0.2) is 4.98 Å². The van der Waals surface area contributed by atoms with Crippen LogP contribution in [0.2, 0.25) is 0 Å². The Morgan fingerprint density at radius 3 is 2.71 bits per heavy atom. The van der Waals surface area contributed by atoms with Gasteiger partial charge in [-0.1, -0.05) is 0 Å². The van der Waals surface area contributed by atoms with Crippen molar-refractivity contribution in [3.8, 4) is 0 Å². The maximum absolute atomic E-state index is 10.8. The van der Waals surface area contributed by atoms with Gasteiger partial charge in [0, 0.05) is 18.8 Å². The van der Waals surface area contributed by atoms with Crippen LogP contribution in [0.3, 0.4) is 0 Å². The number of rotatable bonds is 6. The van der Waals surface area contributed by atoms with Crippen LogP contribution in [-0.2, 0) is 0 Å². The van der Waals surface area contributed by atoms with Gasteiger partial charge in [0.25, 0.3) is 5.69 Å². The SMILES string of the molecule is CNc1cc([N+](=O)[O-])cc(NC(C)CSC)n1. The van der Waals surface area contributed by atoms with Crippen molar-refractivity contribution in [2.45, 2.75) is 13.0 Å². The molecule has 1 heterocycles. The van der Waals surface area contributed by atoms with Gasteiger partial charge in [0.1, 0.15) is 11.6 Å². The number of pyridine rings is 1. The van der Waals surface area contributed by atoms with Gasteiger partial charge in [-0.05, 0) is 13.2 Å². The number of hydrogen-bond acceptors (Lipinski definition) is 6. The lowest BCUT2D eigenvalue weighted by Gasteiger charge is -2.13. The van der Waals surface area contributed by atoms with E-state index in [1.807, 2.05) is 13.2 Å². The standard InChI is InChI=1S/C10H16N4O2S/c1-7(6-17-3)12-10-5-8(14(15)16)4-9(11-2)13-10/h4-5,7H,6H2,1-3H3,(H2,11,12,13). The maximum atomic E-state index is 10.8. The van der Waals surface area contributed by atoms with Crippen LogP contribution >= 0.6 is 11.8 Å². The van der Waals surface area contributed by atoms with Crippen molar-refractivity contribution >= 4 is 29.1 Å². The van der Waals surface area contributed by atoms with Crippen molar-refractivity contribution in [3.63, 3.8) is 0 Å². The normalized spacial score (nSPS) is 11.9. The highest BCUT2D eigenvalue weighted by Gasteiger charge is 2.11. The smallest absolute Gasteiger partial charge is 0.276 e. The Labute approximate surface area is 104 Å². The molecule has 1 atom stereocenters. The molecule has 1 aromatic rings. The van der Waals surface area contributed by atoms with Crippen LogP contribution < -0.4 is 10.6 Å². The molecule has 7 heteroatoms. The van der Waals surface area contributed by atoms with Gasteiger partial charge in [0.05, 0.1) is 17.1 Å². The summed E-state index contributed by atoms with van der Waals surface area (Å²) in [7, 11) is 1.68. The molecule has 0 fully saturated rings. The van der Waals surface area contributed by atoms with E-state index in [4.69, 9.17) is 0 Å². The van der Waals surface area contributed by atoms with Crippen LogP contribution in [0.1, 0.15) is 6.92 Å². The van der Waals surface area contributed by atoms with Gasteiger partial charge in [0.15, 0.2) is 0 Å². The Morgan fingerprint density at radius 1 is 1.53 bits per heavy atom. The highest BCUT2D eigenvalue weighted by Crippen LogP contribution is 2.21. The first kappa shape index (κ1) is 13.6. The zero-order chi connectivity index (χ0) is 12.8. The van der Waals surface area contributed by atoms with Gasteiger partial charge in [-0.15, -0.1) is 0 Å². The Morgan fingerprint density at radius 2 is 2.18 bits per heavy atom. The van der Waals surface area contributed by atoms with Crippen molar-refractivity contribution in [2.24, 2.45) is 0 Å².